The number of allylic oxidation sites excluding steroid dienone is 2. The highest BCUT2D eigenvalue weighted by Crippen LogP contribution is 2.67. The van der Waals surface area contributed by atoms with Crippen LogP contribution in [0, 0.1) is 34.5 Å². The SMILES string of the molecule is CC(=C(c1ccccc1)c1ccccc1)C1CCC2C3CC=C4CC(O)CCC4(C)C3CCC12C. The van der Waals surface area contributed by atoms with Gasteiger partial charge in [-0.25, -0.2) is 0 Å². The summed E-state index contributed by atoms with van der Waals surface area (Å²) in [6.07, 6.45) is 12.2. The molecule has 3 saturated carbocycles. The van der Waals surface area contributed by atoms with E-state index >= 15 is 0 Å². The van der Waals surface area contributed by atoms with Crippen molar-refractivity contribution in [3.8, 4) is 0 Å². The second kappa shape index (κ2) is 8.77. The zero-order valence-corrected chi connectivity index (χ0v) is 21.8. The molecule has 7 atom stereocenters. The Kier molecular flexibility index (Phi) is 5.83. The first kappa shape index (κ1) is 23.3. The maximum Gasteiger partial charge on any atom is 0.0577 e. The lowest BCUT2D eigenvalue weighted by atomic mass is 9.47. The van der Waals surface area contributed by atoms with Crippen molar-refractivity contribution >= 4 is 5.57 Å². The van der Waals surface area contributed by atoms with Crippen molar-refractivity contribution in [2.24, 2.45) is 34.5 Å². The average molecular weight is 467 g/mol. The zero-order chi connectivity index (χ0) is 24.2. The van der Waals surface area contributed by atoms with Crippen molar-refractivity contribution in [2.45, 2.75) is 78.2 Å². The lowest BCUT2D eigenvalue weighted by Gasteiger charge is -2.58. The van der Waals surface area contributed by atoms with E-state index in [-0.39, 0.29) is 6.10 Å². The van der Waals surface area contributed by atoms with Crippen LogP contribution in [0.5, 0.6) is 0 Å². The summed E-state index contributed by atoms with van der Waals surface area (Å²) in [4.78, 5) is 0. The molecule has 0 bridgehead atoms. The van der Waals surface area contributed by atoms with Crippen molar-refractivity contribution < 1.29 is 5.11 Å². The molecule has 0 amide bonds. The number of benzene rings is 2. The lowest BCUT2D eigenvalue weighted by molar-refractivity contribution is -0.0453. The summed E-state index contributed by atoms with van der Waals surface area (Å²) in [6.45, 7) is 7.64. The second-order valence-electron chi connectivity index (χ2n) is 12.6. The van der Waals surface area contributed by atoms with E-state index in [2.05, 4.69) is 87.5 Å². The summed E-state index contributed by atoms with van der Waals surface area (Å²) in [6, 6.07) is 22.2. The molecule has 0 saturated heterocycles. The summed E-state index contributed by atoms with van der Waals surface area (Å²) in [7, 11) is 0. The van der Waals surface area contributed by atoms with Crippen molar-refractivity contribution in [1.29, 1.82) is 0 Å². The Balaban J connectivity index is 1.37. The van der Waals surface area contributed by atoms with Gasteiger partial charge >= 0.3 is 0 Å². The van der Waals surface area contributed by atoms with Crippen molar-refractivity contribution in [3.05, 3.63) is 89.0 Å². The number of fused-ring (bicyclic) bond motifs is 5. The summed E-state index contributed by atoms with van der Waals surface area (Å²) in [5, 5.41) is 10.3. The van der Waals surface area contributed by atoms with Crippen molar-refractivity contribution in [3.63, 3.8) is 0 Å². The fraction of sp³-hybridized carbons (Fsp3) is 0.529. The normalized spacial score (nSPS) is 38.1. The molecule has 4 aliphatic carbocycles. The molecule has 35 heavy (non-hydrogen) atoms. The molecule has 4 aliphatic rings. The van der Waals surface area contributed by atoms with Gasteiger partial charge in [-0.3, -0.25) is 0 Å². The van der Waals surface area contributed by atoms with Crippen LogP contribution in [0.15, 0.2) is 77.9 Å². The van der Waals surface area contributed by atoms with E-state index in [1.54, 1.807) is 11.1 Å². The molecule has 0 heterocycles. The van der Waals surface area contributed by atoms with Gasteiger partial charge in [0.1, 0.15) is 0 Å². The smallest absolute Gasteiger partial charge is 0.0577 e. The Morgan fingerprint density at radius 1 is 0.800 bits per heavy atom. The minimum Gasteiger partial charge on any atom is -0.393 e. The number of rotatable bonds is 3. The number of aliphatic hydroxyl groups excluding tert-OH is 1. The number of hydrogen-bond donors (Lipinski definition) is 1. The van der Waals surface area contributed by atoms with Gasteiger partial charge in [0.2, 0.25) is 0 Å². The molecule has 0 radical (unpaired) electrons. The highest BCUT2D eigenvalue weighted by molar-refractivity contribution is 5.82. The van der Waals surface area contributed by atoms with Crippen LogP contribution in [0.4, 0.5) is 0 Å². The van der Waals surface area contributed by atoms with E-state index in [1.807, 2.05) is 0 Å². The quantitative estimate of drug-likeness (QED) is 0.450. The predicted molar refractivity (Wildman–Crippen MR) is 146 cm³/mol. The van der Waals surface area contributed by atoms with Gasteiger partial charge in [0.15, 0.2) is 0 Å². The molecular weight excluding hydrogens is 424 g/mol. The summed E-state index contributed by atoms with van der Waals surface area (Å²) >= 11 is 0. The van der Waals surface area contributed by atoms with E-state index in [1.165, 1.54) is 55.2 Å². The molecule has 1 heteroatoms. The second-order valence-corrected chi connectivity index (χ2v) is 12.6. The third-order valence-electron chi connectivity index (χ3n) is 11.1. The molecule has 0 aliphatic heterocycles. The Bertz CT molecular complexity index is 1090. The Hall–Kier alpha value is -2.12. The monoisotopic (exact) mass is 466 g/mol. The average Bonchev–Trinajstić information content (AvgIpc) is 3.23. The van der Waals surface area contributed by atoms with Gasteiger partial charge in [0.25, 0.3) is 0 Å². The zero-order valence-electron chi connectivity index (χ0n) is 21.8. The standard InChI is InChI=1S/C34H42O/c1-23(32(24-10-6-4-7-11-24)25-12-8-5-9-13-25)29-16-17-30-28-15-14-26-22-27(35)18-20-33(26,2)31(28)19-21-34(29,30)3/h4-14,27-31,35H,15-22H2,1-3H3. The van der Waals surface area contributed by atoms with E-state index in [0.717, 1.165) is 30.6 Å². The molecule has 6 rings (SSSR count). The highest BCUT2D eigenvalue weighted by atomic mass is 16.3. The third-order valence-corrected chi connectivity index (χ3v) is 11.1. The van der Waals surface area contributed by atoms with Crippen LogP contribution in [0.25, 0.3) is 5.57 Å². The molecule has 1 nitrogen and oxygen atoms in total. The summed E-state index contributed by atoms with van der Waals surface area (Å²) in [5.41, 5.74) is 8.07. The van der Waals surface area contributed by atoms with Crippen LogP contribution in [0.2, 0.25) is 0 Å². The van der Waals surface area contributed by atoms with Gasteiger partial charge < -0.3 is 5.11 Å². The van der Waals surface area contributed by atoms with Crippen molar-refractivity contribution in [2.75, 3.05) is 0 Å². The van der Waals surface area contributed by atoms with Crippen LogP contribution in [0.3, 0.4) is 0 Å². The molecule has 1 N–H and O–H groups in total. The fourth-order valence-corrected chi connectivity index (χ4v) is 9.36. The largest absolute Gasteiger partial charge is 0.393 e. The molecule has 0 spiro atoms. The maximum atomic E-state index is 10.3. The molecular formula is C34H42O. The molecule has 2 aromatic carbocycles. The van der Waals surface area contributed by atoms with E-state index in [0.29, 0.717) is 16.7 Å². The van der Waals surface area contributed by atoms with E-state index in [4.69, 9.17) is 0 Å². The molecule has 7 unspecified atom stereocenters. The van der Waals surface area contributed by atoms with Gasteiger partial charge in [0, 0.05) is 0 Å². The first-order valence-electron chi connectivity index (χ1n) is 14.1. The van der Waals surface area contributed by atoms with E-state index in [9.17, 15) is 5.11 Å². The van der Waals surface area contributed by atoms with Gasteiger partial charge in [-0.2, -0.15) is 0 Å². The van der Waals surface area contributed by atoms with E-state index < -0.39 is 0 Å². The Labute approximate surface area is 212 Å². The maximum absolute atomic E-state index is 10.3. The highest BCUT2D eigenvalue weighted by Gasteiger charge is 2.58. The van der Waals surface area contributed by atoms with Gasteiger partial charge in [-0.05, 0) is 109 Å². The van der Waals surface area contributed by atoms with Crippen LogP contribution in [-0.4, -0.2) is 11.2 Å². The van der Waals surface area contributed by atoms with Gasteiger partial charge in [0.05, 0.1) is 6.10 Å². The van der Waals surface area contributed by atoms with Gasteiger partial charge in [-0.1, -0.05) is 91.7 Å². The number of aliphatic hydroxyl groups is 1. The minimum absolute atomic E-state index is 0.113. The first-order chi connectivity index (χ1) is 16.9. The number of hydrogen-bond acceptors (Lipinski definition) is 1. The molecule has 184 valence electrons. The van der Waals surface area contributed by atoms with Crippen LogP contribution in [0.1, 0.15) is 83.3 Å². The van der Waals surface area contributed by atoms with Gasteiger partial charge in [-0.15, -0.1) is 0 Å². The summed E-state index contributed by atoms with van der Waals surface area (Å²) < 4.78 is 0. The topological polar surface area (TPSA) is 20.2 Å². The van der Waals surface area contributed by atoms with Crippen molar-refractivity contribution in [1.82, 2.24) is 0 Å². The first-order valence-corrected chi connectivity index (χ1v) is 14.1. The fourth-order valence-electron chi connectivity index (χ4n) is 9.36. The molecule has 2 aromatic rings. The van der Waals surface area contributed by atoms with Crippen LogP contribution < -0.4 is 0 Å². The summed E-state index contributed by atoms with van der Waals surface area (Å²) in [5.74, 6) is 3.08. The predicted octanol–water partition coefficient (Wildman–Crippen LogP) is 8.45. The Morgan fingerprint density at radius 3 is 2.11 bits per heavy atom. The van der Waals surface area contributed by atoms with Crippen LogP contribution in [-0.2, 0) is 0 Å². The third kappa shape index (κ3) is 3.69. The minimum atomic E-state index is -0.113. The lowest BCUT2D eigenvalue weighted by Crippen LogP contribution is -2.50. The molecule has 3 fully saturated rings. The molecule has 0 aromatic heterocycles. The Morgan fingerprint density at radius 2 is 1.46 bits per heavy atom. The van der Waals surface area contributed by atoms with Crippen LogP contribution >= 0.6 is 0 Å².